The van der Waals surface area contributed by atoms with Crippen LogP contribution in [0.5, 0.6) is 0 Å². The molecule has 0 aliphatic carbocycles. The highest BCUT2D eigenvalue weighted by Crippen LogP contribution is 2.24. The summed E-state index contributed by atoms with van der Waals surface area (Å²) in [7, 11) is 0. The second-order valence-electron chi connectivity index (χ2n) is 2.97. The van der Waals surface area contributed by atoms with Crippen LogP contribution in [-0.4, -0.2) is 0 Å². The number of rotatable bonds is 2. The van der Waals surface area contributed by atoms with E-state index >= 15 is 0 Å². The summed E-state index contributed by atoms with van der Waals surface area (Å²) in [5.74, 6) is 0. The van der Waals surface area contributed by atoms with Crippen LogP contribution in [0.1, 0.15) is 12.5 Å². The molecule has 2 aromatic rings. The van der Waals surface area contributed by atoms with Gasteiger partial charge in [-0.15, -0.1) is 11.3 Å². The van der Waals surface area contributed by atoms with Gasteiger partial charge in [0.15, 0.2) is 0 Å². The number of benzene rings is 1. The van der Waals surface area contributed by atoms with Gasteiger partial charge in [-0.2, -0.15) is 0 Å². The van der Waals surface area contributed by atoms with Crippen LogP contribution in [0.2, 0.25) is 0 Å². The van der Waals surface area contributed by atoms with Gasteiger partial charge in [0, 0.05) is 10.3 Å². The highest BCUT2D eigenvalue weighted by molar-refractivity contribution is 7.13. The van der Waals surface area contributed by atoms with Gasteiger partial charge in [0.1, 0.15) is 0 Å². The predicted molar refractivity (Wildman–Crippen MR) is 58.0 cm³/mol. The van der Waals surface area contributed by atoms with Crippen LogP contribution in [0.4, 0.5) is 0 Å². The first-order chi connectivity index (χ1) is 6.40. The van der Waals surface area contributed by atoms with Crippen molar-refractivity contribution >= 4 is 11.3 Å². The summed E-state index contributed by atoms with van der Waals surface area (Å²) in [6, 6.07) is 12.8. The molecule has 0 aliphatic heterocycles. The standard InChI is InChI=1S/C12H11S/c1-2-10-5-7-11(8-6-10)12-4-3-9-13-12/h3-8H,2H2,1H3. The molecule has 0 bridgehead atoms. The van der Waals surface area contributed by atoms with Gasteiger partial charge in [-0.05, 0) is 29.7 Å². The van der Waals surface area contributed by atoms with Crippen LogP contribution in [0.3, 0.4) is 0 Å². The third kappa shape index (κ3) is 1.81. The SMILES string of the molecule is CCc1ccc(-c2cc[c]s2)cc1. The van der Waals surface area contributed by atoms with E-state index in [-0.39, 0.29) is 0 Å². The summed E-state index contributed by atoms with van der Waals surface area (Å²) in [4.78, 5) is 1.29. The van der Waals surface area contributed by atoms with Crippen molar-refractivity contribution in [3.8, 4) is 10.4 Å². The van der Waals surface area contributed by atoms with Crippen molar-refractivity contribution in [2.24, 2.45) is 0 Å². The van der Waals surface area contributed by atoms with E-state index in [2.05, 4.69) is 42.6 Å². The molecule has 1 heterocycles. The zero-order valence-electron chi connectivity index (χ0n) is 7.58. The lowest BCUT2D eigenvalue weighted by Gasteiger charge is -1.99. The Morgan fingerprint density at radius 1 is 1.15 bits per heavy atom. The topological polar surface area (TPSA) is 0 Å². The molecule has 0 spiro atoms. The molecule has 1 heteroatoms. The summed E-state index contributed by atoms with van der Waals surface area (Å²) in [6.07, 6.45) is 1.11. The van der Waals surface area contributed by atoms with Crippen LogP contribution in [0.25, 0.3) is 10.4 Å². The molecule has 0 N–H and O–H groups in total. The second-order valence-corrected chi connectivity index (χ2v) is 3.85. The molecule has 0 unspecified atom stereocenters. The average molecular weight is 187 g/mol. The molecular formula is C12H11S. The Kier molecular flexibility index (Phi) is 2.46. The smallest absolute Gasteiger partial charge is 0.0449 e. The first-order valence-corrected chi connectivity index (χ1v) is 5.27. The van der Waals surface area contributed by atoms with Gasteiger partial charge in [-0.1, -0.05) is 31.2 Å². The Morgan fingerprint density at radius 3 is 2.46 bits per heavy atom. The Hall–Kier alpha value is -1.08. The maximum Gasteiger partial charge on any atom is 0.0449 e. The van der Waals surface area contributed by atoms with Crippen LogP contribution in [0, 0.1) is 5.38 Å². The van der Waals surface area contributed by atoms with Crippen molar-refractivity contribution < 1.29 is 0 Å². The fourth-order valence-electron chi connectivity index (χ4n) is 1.30. The van der Waals surface area contributed by atoms with Gasteiger partial charge in [0.2, 0.25) is 0 Å². The minimum atomic E-state index is 1.11. The molecular weight excluding hydrogens is 176 g/mol. The maximum absolute atomic E-state index is 3.10. The van der Waals surface area contributed by atoms with E-state index in [1.165, 1.54) is 16.0 Å². The van der Waals surface area contributed by atoms with Crippen LogP contribution in [-0.2, 0) is 6.42 Å². The summed E-state index contributed by atoms with van der Waals surface area (Å²) in [5, 5.41) is 3.10. The largest absolute Gasteiger partial charge is 0.134 e. The first kappa shape index (κ1) is 8.52. The highest BCUT2D eigenvalue weighted by atomic mass is 32.1. The molecule has 65 valence electrons. The molecule has 1 aromatic carbocycles. The maximum atomic E-state index is 3.10. The van der Waals surface area contributed by atoms with E-state index < -0.39 is 0 Å². The highest BCUT2D eigenvalue weighted by Gasteiger charge is 1.97. The van der Waals surface area contributed by atoms with Gasteiger partial charge in [0.05, 0.1) is 0 Å². The van der Waals surface area contributed by atoms with Gasteiger partial charge < -0.3 is 0 Å². The minimum absolute atomic E-state index is 1.11. The van der Waals surface area contributed by atoms with Gasteiger partial charge >= 0.3 is 0 Å². The minimum Gasteiger partial charge on any atom is -0.134 e. The van der Waals surface area contributed by atoms with Crippen molar-refractivity contribution in [3.05, 3.63) is 47.3 Å². The predicted octanol–water partition coefficient (Wildman–Crippen LogP) is 3.78. The van der Waals surface area contributed by atoms with Gasteiger partial charge in [-0.25, -0.2) is 0 Å². The molecule has 0 fully saturated rings. The van der Waals surface area contributed by atoms with Crippen molar-refractivity contribution in [3.63, 3.8) is 0 Å². The van der Waals surface area contributed by atoms with Gasteiger partial charge in [-0.3, -0.25) is 0 Å². The second kappa shape index (κ2) is 3.75. The third-order valence-electron chi connectivity index (χ3n) is 2.12. The Labute approximate surface area is 82.9 Å². The molecule has 0 amide bonds. The fraction of sp³-hybridized carbons (Fsp3) is 0.167. The van der Waals surface area contributed by atoms with Crippen molar-refractivity contribution in [1.29, 1.82) is 0 Å². The molecule has 0 saturated carbocycles. The monoisotopic (exact) mass is 187 g/mol. The Bertz CT molecular complexity index is 357. The van der Waals surface area contributed by atoms with Crippen LogP contribution in [0.15, 0.2) is 36.4 Å². The third-order valence-corrected chi connectivity index (χ3v) is 2.96. The lowest BCUT2D eigenvalue weighted by molar-refractivity contribution is 1.14. The summed E-state index contributed by atoms with van der Waals surface area (Å²) >= 11 is 1.66. The number of hydrogen-bond donors (Lipinski definition) is 0. The zero-order valence-corrected chi connectivity index (χ0v) is 8.40. The van der Waals surface area contributed by atoms with E-state index in [1.54, 1.807) is 11.3 Å². The summed E-state index contributed by atoms with van der Waals surface area (Å²) < 4.78 is 0. The fourth-order valence-corrected chi connectivity index (χ4v) is 1.95. The molecule has 1 aromatic heterocycles. The number of aryl methyl sites for hydroxylation is 1. The molecule has 2 rings (SSSR count). The molecule has 13 heavy (non-hydrogen) atoms. The summed E-state index contributed by atoms with van der Waals surface area (Å²) in [6.45, 7) is 2.17. The lowest BCUT2D eigenvalue weighted by Crippen LogP contribution is -1.78. The molecule has 0 saturated heterocycles. The van der Waals surface area contributed by atoms with Crippen molar-refractivity contribution in [2.45, 2.75) is 13.3 Å². The van der Waals surface area contributed by atoms with Crippen LogP contribution < -0.4 is 0 Å². The molecule has 0 atom stereocenters. The van der Waals surface area contributed by atoms with Crippen molar-refractivity contribution in [1.82, 2.24) is 0 Å². The van der Waals surface area contributed by atoms with Crippen LogP contribution >= 0.6 is 11.3 Å². The molecule has 0 aliphatic rings. The number of hydrogen-bond acceptors (Lipinski definition) is 1. The quantitative estimate of drug-likeness (QED) is 0.671. The normalized spacial score (nSPS) is 10.2. The molecule has 0 nitrogen and oxygen atoms in total. The first-order valence-electron chi connectivity index (χ1n) is 4.45. The number of thiophene rings is 1. The Morgan fingerprint density at radius 2 is 1.92 bits per heavy atom. The van der Waals surface area contributed by atoms with E-state index in [9.17, 15) is 0 Å². The summed E-state index contributed by atoms with van der Waals surface area (Å²) in [5.41, 5.74) is 2.69. The van der Waals surface area contributed by atoms with Crippen molar-refractivity contribution in [2.75, 3.05) is 0 Å². The molecule has 1 radical (unpaired) electrons. The lowest BCUT2D eigenvalue weighted by atomic mass is 10.1. The van der Waals surface area contributed by atoms with E-state index in [0.717, 1.165) is 6.42 Å². The van der Waals surface area contributed by atoms with E-state index in [1.807, 2.05) is 6.07 Å². The van der Waals surface area contributed by atoms with E-state index in [4.69, 9.17) is 0 Å². The Balaban J connectivity index is 2.33. The van der Waals surface area contributed by atoms with E-state index in [0.29, 0.717) is 0 Å². The zero-order chi connectivity index (χ0) is 9.10. The average Bonchev–Trinajstić information content (AvgIpc) is 2.71. The van der Waals surface area contributed by atoms with Gasteiger partial charge in [0.25, 0.3) is 0 Å².